The second-order valence-corrected chi connectivity index (χ2v) is 7.11. The minimum atomic E-state index is -0.400. The molecule has 1 atom stereocenters. The Bertz CT molecular complexity index is 763. The van der Waals surface area contributed by atoms with Crippen molar-refractivity contribution in [3.8, 4) is 0 Å². The van der Waals surface area contributed by atoms with Gasteiger partial charge in [-0.3, -0.25) is 14.5 Å². The predicted molar refractivity (Wildman–Crippen MR) is 113 cm³/mol. The van der Waals surface area contributed by atoms with Gasteiger partial charge in [0.05, 0.1) is 12.2 Å². The van der Waals surface area contributed by atoms with E-state index in [2.05, 4.69) is 26.1 Å². The lowest BCUT2D eigenvalue weighted by Gasteiger charge is -2.32. The Morgan fingerprint density at radius 2 is 1.59 bits per heavy atom. The summed E-state index contributed by atoms with van der Waals surface area (Å²) < 4.78 is 0.803. The number of anilines is 1. The lowest BCUT2D eigenvalue weighted by Crippen LogP contribution is -2.44. The highest BCUT2D eigenvalue weighted by Crippen LogP contribution is 2.23. The van der Waals surface area contributed by atoms with Crippen molar-refractivity contribution in [1.82, 2.24) is 9.80 Å². The summed E-state index contributed by atoms with van der Waals surface area (Å²) in [7, 11) is 1.67. The van der Waals surface area contributed by atoms with Crippen LogP contribution in [0.3, 0.4) is 0 Å². The number of carbonyl (C=O) groups is 2. The standard InChI is InChI=1S/C21H26BrN3O2/c1-4-25(5-2)20(16-11-7-6-8-12-16)21(27)24(3)15-19(26)23-18-14-10-9-13-17(18)22/h6-14,20H,4-5,15H2,1-3H3,(H,23,26). The van der Waals surface area contributed by atoms with Gasteiger partial charge in [-0.1, -0.05) is 56.3 Å². The first kappa shape index (κ1) is 21.1. The quantitative estimate of drug-likeness (QED) is 0.688. The summed E-state index contributed by atoms with van der Waals surface area (Å²) in [5.74, 6) is -0.323. The fraction of sp³-hybridized carbons (Fsp3) is 0.333. The third kappa shape index (κ3) is 5.65. The van der Waals surface area contributed by atoms with E-state index in [4.69, 9.17) is 0 Å². The fourth-order valence-corrected chi connectivity index (χ4v) is 3.37. The number of amides is 2. The van der Waals surface area contributed by atoms with Crippen LogP contribution < -0.4 is 5.32 Å². The van der Waals surface area contributed by atoms with Crippen LogP contribution in [0.4, 0.5) is 5.69 Å². The summed E-state index contributed by atoms with van der Waals surface area (Å²) in [6.07, 6.45) is 0. The Morgan fingerprint density at radius 1 is 1.00 bits per heavy atom. The van der Waals surface area contributed by atoms with Crippen LogP contribution in [0.2, 0.25) is 0 Å². The number of benzene rings is 2. The number of likely N-dealkylation sites (N-methyl/N-ethyl adjacent to an activating group) is 2. The van der Waals surface area contributed by atoms with E-state index in [1.165, 1.54) is 4.90 Å². The van der Waals surface area contributed by atoms with E-state index < -0.39 is 6.04 Å². The lowest BCUT2D eigenvalue weighted by atomic mass is 10.0. The van der Waals surface area contributed by atoms with Crippen LogP contribution in [-0.2, 0) is 9.59 Å². The van der Waals surface area contributed by atoms with Gasteiger partial charge in [-0.15, -0.1) is 0 Å². The van der Waals surface area contributed by atoms with Crippen LogP contribution in [-0.4, -0.2) is 48.3 Å². The number of rotatable bonds is 8. The Hall–Kier alpha value is -2.18. The van der Waals surface area contributed by atoms with Gasteiger partial charge in [0.2, 0.25) is 11.8 Å². The molecule has 0 aromatic heterocycles. The molecule has 2 aromatic rings. The molecule has 2 aromatic carbocycles. The second kappa shape index (κ2) is 10.2. The van der Waals surface area contributed by atoms with Crippen molar-refractivity contribution < 1.29 is 9.59 Å². The molecule has 0 bridgehead atoms. The number of halogens is 1. The molecule has 1 unspecified atom stereocenters. The normalized spacial score (nSPS) is 11.9. The average Bonchev–Trinajstić information content (AvgIpc) is 2.68. The molecule has 144 valence electrons. The fourth-order valence-electron chi connectivity index (χ4n) is 2.99. The van der Waals surface area contributed by atoms with Gasteiger partial charge in [0.25, 0.3) is 0 Å². The third-order valence-electron chi connectivity index (χ3n) is 4.43. The maximum Gasteiger partial charge on any atom is 0.244 e. The van der Waals surface area contributed by atoms with Crippen LogP contribution >= 0.6 is 15.9 Å². The molecule has 0 aliphatic carbocycles. The van der Waals surface area contributed by atoms with Crippen LogP contribution in [0, 0.1) is 0 Å². The number of hydrogen-bond acceptors (Lipinski definition) is 3. The summed E-state index contributed by atoms with van der Waals surface area (Å²) in [6.45, 7) is 5.56. The largest absolute Gasteiger partial charge is 0.335 e. The van der Waals surface area contributed by atoms with Gasteiger partial charge < -0.3 is 10.2 Å². The molecule has 2 rings (SSSR count). The van der Waals surface area contributed by atoms with Crippen molar-refractivity contribution in [3.63, 3.8) is 0 Å². The molecular weight excluding hydrogens is 406 g/mol. The molecule has 0 aliphatic rings. The third-order valence-corrected chi connectivity index (χ3v) is 5.12. The molecule has 6 heteroatoms. The molecule has 5 nitrogen and oxygen atoms in total. The van der Waals surface area contributed by atoms with Crippen molar-refractivity contribution >= 4 is 33.4 Å². The van der Waals surface area contributed by atoms with Crippen LogP contribution in [0.5, 0.6) is 0 Å². The molecule has 0 saturated heterocycles. The van der Waals surface area contributed by atoms with Crippen LogP contribution in [0.1, 0.15) is 25.5 Å². The van der Waals surface area contributed by atoms with E-state index in [0.29, 0.717) is 5.69 Å². The Kier molecular flexibility index (Phi) is 8.00. The summed E-state index contributed by atoms with van der Waals surface area (Å²) in [5.41, 5.74) is 1.62. The van der Waals surface area contributed by atoms with Crippen molar-refractivity contribution in [2.45, 2.75) is 19.9 Å². The zero-order chi connectivity index (χ0) is 19.8. The molecule has 0 aliphatic heterocycles. The highest BCUT2D eigenvalue weighted by molar-refractivity contribution is 9.10. The molecule has 0 spiro atoms. The lowest BCUT2D eigenvalue weighted by molar-refractivity contribution is -0.138. The van der Waals surface area contributed by atoms with Gasteiger partial charge in [-0.2, -0.15) is 0 Å². The van der Waals surface area contributed by atoms with E-state index >= 15 is 0 Å². The summed E-state index contributed by atoms with van der Waals surface area (Å²) >= 11 is 3.41. The van der Waals surface area contributed by atoms with E-state index in [1.807, 2.05) is 68.4 Å². The first-order valence-electron chi connectivity index (χ1n) is 9.06. The van der Waals surface area contributed by atoms with Crippen molar-refractivity contribution in [3.05, 3.63) is 64.6 Å². The maximum atomic E-state index is 13.2. The predicted octanol–water partition coefficient (Wildman–Crippen LogP) is 3.93. The van der Waals surface area contributed by atoms with Crippen molar-refractivity contribution in [2.75, 3.05) is 32.0 Å². The molecular formula is C21H26BrN3O2. The van der Waals surface area contributed by atoms with Gasteiger partial charge in [0.15, 0.2) is 0 Å². The SMILES string of the molecule is CCN(CC)C(C(=O)N(C)CC(=O)Nc1ccccc1Br)c1ccccc1. The highest BCUT2D eigenvalue weighted by atomic mass is 79.9. The van der Waals surface area contributed by atoms with Gasteiger partial charge in [-0.05, 0) is 46.7 Å². The number of hydrogen-bond donors (Lipinski definition) is 1. The summed E-state index contributed by atoms with van der Waals surface area (Å²) in [4.78, 5) is 29.1. The molecule has 27 heavy (non-hydrogen) atoms. The van der Waals surface area contributed by atoms with E-state index in [0.717, 1.165) is 23.1 Å². The van der Waals surface area contributed by atoms with Gasteiger partial charge >= 0.3 is 0 Å². The highest BCUT2D eigenvalue weighted by Gasteiger charge is 2.29. The average molecular weight is 432 g/mol. The zero-order valence-corrected chi connectivity index (χ0v) is 17.6. The Balaban J connectivity index is 2.12. The van der Waals surface area contributed by atoms with Crippen LogP contribution in [0.25, 0.3) is 0 Å². The first-order valence-corrected chi connectivity index (χ1v) is 9.85. The number of para-hydroxylation sites is 1. The van der Waals surface area contributed by atoms with Crippen LogP contribution in [0.15, 0.2) is 59.1 Å². The number of nitrogens with zero attached hydrogens (tertiary/aromatic N) is 2. The molecule has 2 amide bonds. The molecule has 0 saturated carbocycles. The number of carbonyl (C=O) groups excluding carboxylic acids is 2. The molecule has 0 radical (unpaired) electrons. The Labute approximate surface area is 169 Å². The molecule has 0 heterocycles. The van der Waals surface area contributed by atoms with Crippen molar-refractivity contribution in [1.29, 1.82) is 0 Å². The second-order valence-electron chi connectivity index (χ2n) is 6.26. The first-order chi connectivity index (χ1) is 13.0. The van der Waals surface area contributed by atoms with Gasteiger partial charge in [0.1, 0.15) is 6.04 Å². The monoisotopic (exact) mass is 431 g/mol. The summed E-state index contributed by atoms with van der Waals surface area (Å²) in [6, 6.07) is 16.7. The minimum absolute atomic E-state index is 0.00916. The smallest absolute Gasteiger partial charge is 0.244 e. The van der Waals surface area contributed by atoms with Gasteiger partial charge in [0, 0.05) is 11.5 Å². The van der Waals surface area contributed by atoms with E-state index in [1.54, 1.807) is 7.05 Å². The zero-order valence-electron chi connectivity index (χ0n) is 16.0. The number of nitrogens with one attached hydrogen (secondary N) is 1. The minimum Gasteiger partial charge on any atom is -0.335 e. The topological polar surface area (TPSA) is 52.7 Å². The molecule has 1 N–H and O–H groups in total. The van der Waals surface area contributed by atoms with E-state index in [9.17, 15) is 9.59 Å². The van der Waals surface area contributed by atoms with E-state index in [-0.39, 0.29) is 18.4 Å². The molecule has 0 fully saturated rings. The Morgan fingerprint density at radius 3 is 2.19 bits per heavy atom. The van der Waals surface area contributed by atoms with Crippen molar-refractivity contribution in [2.24, 2.45) is 0 Å². The summed E-state index contributed by atoms with van der Waals surface area (Å²) in [5, 5.41) is 2.84. The van der Waals surface area contributed by atoms with Gasteiger partial charge in [-0.25, -0.2) is 0 Å². The maximum absolute atomic E-state index is 13.2.